The smallest absolute Gasteiger partial charge is 0.213 e. The summed E-state index contributed by atoms with van der Waals surface area (Å²) >= 11 is 13.2. The van der Waals surface area contributed by atoms with Gasteiger partial charge < -0.3 is 19.9 Å². The number of benzene rings is 2. The normalized spacial score (nSPS) is 18.3. The standard InChI is InChI=1S/C33H38Cl2N6OSi/c1-43(2,3)18-17-42-21-40-20-25(24-9-6-10-26(34)28(24)35)27-30-37-13-16-41(30)32(38-31(27)40)39-14-11-33(12-15-39)19-22-7-4-5-8-23(22)29(33)36/h4-10,13,16,20,29H,11-12,14-15,17-19,21,36H2,1-3H3/t29-/m1/s1. The van der Waals surface area contributed by atoms with E-state index in [0.29, 0.717) is 16.8 Å². The molecule has 0 saturated carbocycles. The van der Waals surface area contributed by atoms with Crippen LogP contribution in [0.15, 0.2) is 61.1 Å². The lowest BCUT2D eigenvalue weighted by Gasteiger charge is -2.42. The van der Waals surface area contributed by atoms with Crippen molar-refractivity contribution < 1.29 is 4.74 Å². The highest BCUT2D eigenvalue weighted by molar-refractivity contribution is 6.76. The van der Waals surface area contributed by atoms with Gasteiger partial charge in [0.05, 0.1) is 15.4 Å². The second-order valence-corrected chi connectivity index (χ2v) is 19.8. The maximum atomic E-state index is 6.89. The maximum Gasteiger partial charge on any atom is 0.213 e. The molecule has 1 aliphatic carbocycles. The SMILES string of the molecule is C[Si](C)(C)CCOCn1cc(-c2cccc(Cl)c2Cl)c2c1nc(N1CCC3(CC1)Cc1ccccc1[C@H]3N)n1ccnc21. The van der Waals surface area contributed by atoms with Crippen molar-refractivity contribution in [1.29, 1.82) is 0 Å². The Kier molecular flexibility index (Phi) is 7.33. The highest BCUT2D eigenvalue weighted by Gasteiger charge is 2.46. The van der Waals surface area contributed by atoms with Gasteiger partial charge in [0.2, 0.25) is 5.95 Å². The molecular formula is C33H38Cl2N6OSi. The topological polar surface area (TPSA) is 73.6 Å². The molecule has 2 aromatic carbocycles. The lowest BCUT2D eigenvalue weighted by atomic mass is 9.73. The van der Waals surface area contributed by atoms with Gasteiger partial charge in [0.1, 0.15) is 12.4 Å². The first-order chi connectivity index (χ1) is 20.7. The van der Waals surface area contributed by atoms with Crippen LogP contribution in [0.5, 0.6) is 0 Å². The minimum Gasteiger partial charge on any atom is -0.361 e. The average molecular weight is 634 g/mol. The first-order valence-corrected chi connectivity index (χ1v) is 19.6. The van der Waals surface area contributed by atoms with Gasteiger partial charge in [0.25, 0.3) is 0 Å². The third-order valence-electron chi connectivity index (χ3n) is 9.44. The summed E-state index contributed by atoms with van der Waals surface area (Å²) in [5.41, 5.74) is 13.2. The highest BCUT2D eigenvalue weighted by Crippen LogP contribution is 2.51. The number of rotatable bonds is 7. The second kappa shape index (κ2) is 10.9. The summed E-state index contributed by atoms with van der Waals surface area (Å²) in [6.45, 7) is 9.98. The van der Waals surface area contributed by atoms with Crippen LogP contribution in [0.25, 0.3) is 27.8 Å². The molecule has 10 heteroatoms. The molecule has 1 aliphatic heterocycles. The molecule has 4 heterocycles. The Labute approximate surface area is 263 Å². The van der Waals surface area contributed by atoms with E-state index in [1.807, 2.05) is 30.6 Å². The first-order valence-electron chi connectivity index (χ1n) is 15.1. The summed E-state index contributed by atoms with van der Waals surface area (Å²) in [6, 6.07) is 15.6. The lowest BCUT2D eigenvalue weighted by Crippen LogP contribution is -2.45. The molecule has 1 atom stereocenters. The monoisotopic (exact) mass is 632 g/mol. The van der Waals surface area contributed by atoms with Gasteiger partial charge in [0.15, 0.2) is 5.65 Å². The summed E-state index contributed by atoms with van der Waals surface area (Å²) in [6.07, 6.45) is 9.02. The Morgan fingerprint density at radius 2 is 1.81 bits per heavy atom. The van der Waals surface area contributed by atoms with E-state index in [9.17, 15) is 0 Å². The van der Waals surface area contributed by atoms with Crippen molar-refractivity contribution >= 4 is 53.9 Å². The highest BCUT2D eigenvalue weighted by atomic mass is 35.5. The minimum atomic E-state index is -1.22. The number of fused-ring (bicyclic) bond motifs is 4. The van der Waals surface area contributed by atoms with E-state index in [4.69, 9.17) is 43.6 Å². The van der Waals surface area contributed by atoms with Crippen LogP contribution in [0.1, 0.15) is 30.0 Å². The number of anilines is 1. The van der Waals surface area contributed by atoms with Gasteiger partial charge >= 0.3 is 0 Å². The predicted octanol–water partition coefficient (Wildman–Crippen LogP) is 7.81. The largest absolute Gasteiger partial charge is 0.361 e. The van der Waals surface area contributed by atoms with Crippen LogP contribution in [0.3, 0.4) is 0 Å². The van der Waals surface area contributed by atoms with Gasteiger partial charge in [0, 0.05) is 63.5 Å². The van der Waals surface area contributed by atoms with E-state index in [1.165, 1.54) is 11.1 Å². The first kappa shape index (κ1) is 28.9. The fraction of sp³-hybridized carbons (Fsp3) is 0.394. The van der Waals surface area contributed by atoms with Crippen LogP contribution >= 0.6 is 23.2 Å². The molecule has 0 unspecified atom stereocenters. The van der Waals surface area contributed by atoms with E-state index in [1.54, 1.807) is 0 Å². The summed E-state index contributed by atoms with van der Waals surface area (Å²) in [4.78, 5) is 12.6. The number of imidazole rings is 1. The van der Waals surface area contributed by atoms with Crippen LogP contribution < -0.4 is 10.6 Å². The minimum absolute atomic E-state index is 0.0742. The molecule has 7 nitrogen and oxygen atoms in total. The molecule has 3 aromatic heterocycles. The summed E-state index contributed by atoms with van der Waals surface area (Å²) < 4.78 is 10.4. The van der Waals surface area contributed by atoms with Crippen LogP contribution in [-0.2, 0) is 17.9 Å². The number of hydrogen-bond donors (Lipinski definition) is 1. The molecule has 1 spiro atoms. The Morgan fingerprint density at radius 1 is 1.02 bits per heavy atom. The molecule has 0 radical (unpaired) electrons. The van der Waals surface area contributed by atoms with Crippen molar-refractivity contribution in [2.45, 2.75) is 57.7 Å². The number of piperidine rings is 1. The van der Waals surface area contributed by atoms with E-state index in [-0.39, 0.29) is 11.5 Å². The van der Waals surface area contributed by atoms with Crippen molar-refractivity contribution in [2.24, 2.45) is 11.1 Å². The molecule has 5 aromatic rings. The number of halogens is 2. The number of nitrogens with two attached hydrogens (primary N) is 1. The molecule has 1 saturated heterocycles. The molecule has 0 amide bonds. The van der Waals surface area contributed by atoms with Gasteiger partial charge in [-0.25, -0.2) is 4.98 Å². The Hall–Kier alpha value is -2.88. The third-order valence-corrected chi connectivity index (χ3v) is 12.0. The number of aromatic nitrogens is 4. The molecule has 1 fully saturated rings. The molecule has 7 rings (SSSR count). The molecule has 43 heavy (non-hydrogen) atoms. The van der Waals surface area contributed by atoms with Crippen molar-refractivity contribution in [3.63, 3.8) is 0 Å². The van der Waals surface area contributed by atoms with Crippen LogP contribution in [0.4, 0.5) is 5.95 Å². The Morgan fingerprint density at radius 3 is 2.58 bits per heavy atom. The van der Waals surface area contributed by atoms with Gasteiger partial charge in [-0.1, -0.05) is 79.2 Å². The summed E-state index contributed by atoms with van der Waals surface area (Å²) in [5, 5.41) is 1.98. The average Bonchev–Trinajstić information content (AvgIpc) is 3.68. The lowest BCUT2D eigenvalue weighted by molar-refractivity contribution is 0.0899. The molecular weight excluding hydrogens is 595 g/mol. The van der Waals surface area contributed by atoms with Gasteiger partial charge in [-0.15, -0.1) is 0 Å². The quantitative estimate of drug-likeness (QED) is 0.146. The maximum absolute atomic E-state index is 6.89. The van der Waals surface area contributed by atoms with E-state index in [2.05, 4.69) is 64.0 Å². The third kappa shape index (κ3) is 5.07. The number of ether oxygens (including phenoxy) is 1. The van der Waals surface area contributed by atoms with Crippen molar-refractivity contribution in [2.75, 3.05) is 24.6 Å². The second-order valence-electron chi connectivity index (χ2n) is 13.4. The van der Waals surface area contributed by atoms with E-state index >= 15 is 0 Å². The van der Waals surface area contributed by atoms with Gasteiger partial charge in [-0.3, -0.25) is 4.40 Å². The molecule has 0 bridgehead atoms. The molecule has 224 valence electrons. The summed E-state index contributed by atoms with van der Waals surface area (Å²) in [7, 11) is -1.22. The zero-order chi connectivity index (χ0) is 29.9. The van der Waals surface area contributed by atoms with Gasteiger partial charge in [-0.05, 0) is 47.9 Å². The van der Waals surface area contributed by atoms with Gasteiger partial charge in [-0.2, -0.15) is 4.98 Å². The fourth-order valence-electron chi connectivity index (χ4n) is 6.92. The van der Waals surface area contributed by atoms with Crippen LogP contribution in [0, 0.1) is 5.41 Å². The zero-order valence-electron chi connectivity index (χ0n) is 25.0. The van der Waals surface area contributed by atoms with Crippen molar-refractivity contribution in [3.05, 3.63) is 82.2 Å². The fourth-order valence-corrected chi connectivity index (χ4v) is 8.08. The predicted molar refractivity (Wildman–Crippen MR) is 179 cm³/mol. The zero-order valence-corrected chi connectivity index (χ0v) is 27.5. The number of nitrogens with zero attached hydrogens (tertiary/aromatic N) is 5. The number of hydrogen-bond acceptors (Lipinski definition) is 5. The van der Waals surface area contributed by atoms with E-state index in [0.717, 1.165) is 78.8 Å². The van der Waals surface area contributed by atoms with Crippen molar-refractivity contribution in [3.8, 4) is 11.1 Å². The molecule has 2 aliphatic rings. The van der Waals surface area contributed by atoms with Crippen LogP contribution in [0.2, 0.25) is 35.7 Å². The Balaban J connectivity index is 1.27. The Bertz CT molecular complexity index is 1820. The van der Waals surface area contributed by atoms with E-state index < -0.39 is 8.07 Å². The summed E-state index contributed by atoms with van der Waals surface area (Å²) in [5.74, 6) is 0.893. The molecule has 2 N–H and O–H groups in total. The van der Waals surface area contributed by atoms with Crippen molar-refractivity contribution in [1.82, 2.24) is 18.9 Å². The van der Waals surface area contributed by atoms with Crippen LogP contribution in [-0.4, -0.2) is 46.7 Å².